The molecule has 0 radical (unpaired) electrons. The van der Waals surface area contributed by atoms with Gasteiger partial charge in [-0.25, -0.2) is 13.1 Å². The monoisotopic (exact) mass is 425 g/mol. The zero-order valence-electron chi connectivity index (χ0n) is 16.9. The van der Waals surface area contributed by atoms with Crippen molar-refractivity contribution in [3.05, 3.63) is 70.9 Å². The van der Waals surface area contributed by atoms with Crippen molar-refractivity contribution in [2.24, 2.45) is 0 Å². The van der Waals surface area contributed by atoms with Crippen LogP contribution in [0.4, 0.5) is 5.82 Å². The first kappa shape index (κ1) is 20.2. The van der Waals surface area contributed by atoms with Crippen molar-refractivity contribution < 1.29 is 17.9 Å². The van der Waals surface area contributed by atoms with Gasteiger partial charge in [-0.1, -0.05) is 29.8 Å². The van der Waals surface area contributed by atoms with E-state index < -0.39 is 9.84 Å². The minimum absolute atomic E-state index is 0.101. The van der Waals surface area contributed by atoms with Gasteiger partial charge in [0.25, 0.3) is 0 Å². The van der Waals surface area contributed by atoms with Crippen LogP contribution in [0.5, 0.6) is 5.75 Å². The number of rotatable bonds is 6. The zero-order chi connectivity index (χ0) is 21.3. The fourth-order valence-electron chi connectivity index (χ4n) is 3.49. The van der Waals surface area contributed by atoms with Crippen LogP contribution < -0.4 is 10.1 Å². The molecule has 8 heteroatoms. The molecule has 1 aliphatic rings. The van der Waals surface area contributed by atoms with Crippen LogP contribution in [0.3, 0.4) is 0 Å². The summed E-state index contributed by atoms with van der Waals surface area (Å²) in [5.74, 6) is 0.806. The normalized spacial score (nSPS) is 14.3. The van der Waals surface area contributed by atoms with Crippen LogP contribution in [0.1, 0.15) is 28.8 Å². The number of benzene rings is 2. The fraction of sp³-hybridized carbons (Fsp3) is 0.273. The number of nitrogens with one attached hydrogen (secondary N) is 1. The van der Waals surface area contributed by atoms with E-state index in [-0.39, 0.29) is 23.8 Å². The lowest BCUT2D eigenvalue weighted by molar-refractivity contribution is -0.116. The van der Waals surface area contributed by atoms with Gasteiger partial charge in [-0.2, -0.15) is 5.10 Å². The molecule has 0 atom stereocenters. The van der Waals surface area contributed by atoms with E-state index in [9.17, 15) is 13.2 Å². The Bertz CT molecular complexity index is 1180. The highest BCUT2D eigenvalue weighted by Crippen LogP contribution is 2.33. The number of amides is 1. The van der Waals surface area contributed by atoms with Crippen molar-refractivity contribution in [3.8, 4) is 11.4 Å². The van der Waals surface area contributed by atoms with Gasteiger partial charge >= 0.3 is 0 Å². The van der Waals surface area contributed by atoms with Crippen LogP contribution >= 0.6 is 0 Å². The van der Waals surface area contributed by atoms with Crippen LogP contribution in [0.25, 0.3) is 5.69 Å². The lowest BCUT2D eigenvalue weighted by Gasteiger charge is -2.11. The van der Waals surface area contributed by atoms with Gasteiger partial charge in [0, 0.05) is 12.0 Å². The SMILES string of the molecule is COc1ccc(CCC(=O)Nc2c3c(nn2-c2ccc(C)cc2)CS(=O)(=O)C3)cc1. The molecule has 0 unspecified atom stereocenters. The van der Waals surface area contributed by atoms with E-state index in [1.165, 1.54) is 0 Å². The van der Waals surface area contributed by atoms with Crippen LogP contribution in [-0.4, -0.2) is 31.2 Å². The lowest BCUT2D eigenvalue weighted by atomic mass is 10.1. The van der Waals surface area contributed by atoms with Crippen molar-refractivity contribution in [1.82, 2.24) is 9.78 Å². The van der Waals surface area contributed by atoms with Gasteiger partial charge in [-0.05, 0) is 43.2 Å². The summed E-state index contributed by atoms with van der Waals surface area (Å²) < 4.78 is 30.9. The van der Waals surface area contributed by atoms with Gasteiger partial charge in [0.15, 0.2) is 9.84 Å². The van der Waals surface area contributed by atoms with E-state index in [2.05, 4.69) is 10.4 Å². The number of sulfone groups is 1. The molecule has 0 aliphatic carbocycles. The van der Waals surface area contributed by atoms with E-state index in [1.807, 2.05) is 55.5 Å². The maximum absolute atomic E-state index is 12.7. The zero-order valence-corrected chi connectivity index (χ0v) is 17.7. The Kier molecular flexibility index (Phi) is 5.34. The Morgan fingerprint density at radius 1 is 1.10 bits per heavy atom. The molecule has 1 amide bonds. The summed E-state index contributed by atoms with van der Waals surface area (Å²) in [7, 11) is -1.62. The molecule has 1 aromatic heterocycles. The Morgan fingerprint density at radius 3 is 2.47 bits per heavy atom. The lowest BCUT2D eigenvalue weighted by Crippen LogP contribution is -2.17. The van der Waals surface area contributed by atoms with Crippen LogP contribution in [-0.2, 0) is 32.6 Å². The summed E-state index contributed by atoms with van der Waals surface area (Å²) in [4.78, 5) is 12.7. The Balaban J connectivity index is 1.56. The first-order valence-electron chi connectivity index (χ1n) is 9.65. The van der Waals surface area contributed by atoms with E-state index in [0.717, 1.165) is 22.6 Å². The van der Waals surface area contributed by atoms with Crippen LogP contribution in [0, 0.1) is 6.92 Å². The van der Waals surface area contributed by atoms with Crippen LogP contribution in [0.2, 0.25) is 0 Å². The smallest absolute Gasteiger partial charge is 0.225 e. The average molecular weight is 426 g/mol. The van der Waals surface area contributed by atoms with Gasteiger partial charge < -0.3 is 10.1 Å². The standard InChI is InChI=1S/C22H23N3O4S/c1-15-3-8-17(9-4-15)25-22(19-13-30(27,28)14-20(19)24-25)23-21(26)12-7-16-5-10-18(29-2)11-6-16/h3-6,8-11H,7,12-14H2,1-2H3,(H,23,26). The third-order valence-corrected chi connectivity index (χ3v) is 6.57. The van der Waals surface area contributed by atoms with Crippen molar-refractivity contribution >= 4 is 21.6 Å². The van der Waals surface area contributed by atoms with Gasteiger partial charge in [0.1, 0.15) is 11.6 Å². The number of carbonyl (C=O) groups is 1. The molecule has 0 fully saturated rings. The molecular formula is C22H23N3O4S. The van der Waals surface area contributed by atoms with E-state index in [4.69, 9.17) is 4.74 Å². The number of aromatic nitrogens is 2. The number of aryl methyl sites for hydroxylation is 2. The number of ether oxygens (including phenoxy) is 1. The second kappa shape index (κ2) is 7.95. The summed E-state index contributed by atoms with van der Waals surface area (Å²) in [5.41, 5.74) is 3.98. The Hall–Kier alpha value is -3.13. The van der Waals surface area contributed by atoms with E-state index in [0.29, 0.717) is 23.5 Å². The molecule has 4 rings (SSSR count). The molecule has 2 heterocycles. The Morgan fingerprint density at radius 2 is 1.80 bits per heavy atom. The molecule has 0 saturated heterocycles. The number of nitrogens with zero attached hydrogens (tertiary/aromatic N) is 2. The number of hydrogen-bond acceptors (Lipinski definition) is 5. The topological polar surface area (TPSA) is 90.3 Å². The molecule has 1 N–H and O–H groups in total. The Labute approximate surface area is 175 Å². The summed E-state index contributed by atoms with van der Waals surface area (Å²) >= 11 is 0. The van der Waals surface area contributed by atoms with Gasteiger partial charge in [-0.3, -0.25) is 4.79 Å². The first-order chi connectivity index (χ1) is 14.3. The average Bonchev–Trinajstić information content (AvgIpc) is 3.20. The van der Waals surface area contributed by atoms with Crippen molar-refractivity contribution in [3.63, 3.8) is 0 Å². The summed E-state index contributed by atoms with van der Waals surface area (Å²) in [6.45, 7) is 1.99. The fourth-order valence-corrected chi connectivity index (χ4v) is 4.98. The minimum Gasteiger partial charge on any atom is -0.497 e. The summed E-state index contributed by atoms with van der Waals surface area (Å²) in [6, 6.07) is 15.3. The highest BCUT2D eigenvalue weighted by atomic mass is 32.2. The number of methoxy groups -OCH3 is 1. The minimum atomic E-state index is -3.23. The maximum Gasteiger partial charge on any atom is 0.225 e. The molecule has 3 aromatic rings. The van der Waals surface area contributed by atoms with Crippen molar-refractivity contribution in [2.75, 3.05) is 12.4 Å². The molecule has 0 bridgehead atoms. The van der Waals surface area contributed by atoms with Gasteiger partial charge in [0.2, 0.25) is 5.91 Å². The van der Waals surface area contributed by atoms with Crippen LogP contribution in [0.15, 0.2) is 48.5 Å². The number of fused-ring (bicyclic) bond motifs is 1. The molecule has 30 heavy (non-hydrogen) atoms. The molecular weight excluding hydrogens is 402 g/mol. The molecule has 1 aliphatic heterocycles. The van der Waals surface area contributed by atoms with Gasteiger partial charge in [-0.15, -0.1) is 0 Å². The highest BCUT2D eigenvalue weighted by Gasteiger charge is 2.33. The maximum atomic E-state index is 12.7. The number of anilines is 1. The summed E-state index contributed by atoms with van der Waals surface area (Å²) in [6.07, 6.45) is 0.835. The van der Waals surface area contributed by atoms with Gasteiger partial charge in [0.05, 0.1) is 30.0 Å². The van der Waals surface area contributed by atoms with Crippen molar-refractivity contribution in [2.45, 2.75) is 31.3 Å². The predicted octanol–water partition coefficient (Wildman–Crippen LogP) is 3.19. The van der Waals surface area contributed by atoms with Crippen molar-refractivity contribution in [1.29, 1.82) is 0 Å². The molecule has 156 valence electrons. The highest BCUT2D eigenvalue weighted by molar-refractivity contribution is 7.90. The molecule has 7 nitrogen and oxygen atoms in total. The second-order valence-corrected chi connectivity index (χ2v) is 9.51. The van der Waals surface area contributed by atoms with E-state index in [1.54, 1.807) is 11.8 Å². The molecule has 0 saturated carbocycles. The quantitative estimate of drug-likeness (QED) is 0.655. The first-order valence-corrected chi connectivity index (χ1v) is 11.5. The van der Waals surface area contributed by atoms with E-state index >= 15 is 0 Å². The predicted molar refractivity (Wildman–Crippen MR) is 115 cm³/mol. The third kappa shape index (κ3) is 4.23. The molecule has 0 spiro atoms. The third-order valence-electron chi connectivity index (χ3n) is 5.12. The number of hydrogen-bond donors (Lipinski definition) is 1. The molecule has 2 aromatic carbocycles. The largest absolute Gasteiger partial charge is 0.497 e. The number of carbonyl (C=O) groups excluding carboxylic acids is 1. The summed E-state index contributed by atoms with van der Waals surface area (Å²) in [5, 5.41) is 7.39. The second-order valence-electron chi connectivity index (χ2n) is 7.45.